The minimum Gasteiger partial charge on any atom is -0.496 e. The molecule has 4 rings (SSSR count). The van der Waals surface area contributed by atoms with E-state index in [9.17, 15) is 9.18 Å². The zero-order valence-electron chi connectivity index (χ0n) is 16.3. The lowest BCUT2D eigenvalue weighted by Gasteiger charge is -2.25. The number of halogens is 1. The van der Waals surface area contributed by atoms with Crippen LogP contribution in [-0.4, -0.2) is 53.6 Å². The maximum atomic E-state index is 13.7. The van der Waals surface area contributed by atoms with Gasteiger partial charge in [-0.15, -0.1) is 0 Å². The molecule has 2 aliphatic rings. The predicted molar refractivity (Wildman–Crippen MR) is 104 cm³/mol. The molecule has 7 heteroatoms. The van der Waals surface area contributed by atoms with E-state index >= 15 is 0 Å². The van der Waals surface area contributed by atoms with Crippen molar-refractivity contribution < 1.29 is 13.9 Å². The number of likely N-dealkylation sites (tertiary alicyclic amines) is 1. The van der Waals surface area contributed by atoms with Crippen LogP contribution in [-0.2, 0) is 13.0 Å². The molecule has 1 atom stereocenters. The summed E-state index contributed by atoms with van der Waals surface area (Å²) in [7, 11) is 1.60. The van der Waals surface area contributed by atoms with E-state index in [2.05, 4.69) is 15.2 Å². The summed E-state index contributed by atoms with van der Waals surface area (Å²) >= 11 is 0. The number of aryl methyl sites for hydroxylation is 1. The second-order valence-corrected chi connectivity index (χ2v) is 7.62. The number of amides is 1. The second kappa shape index (κ2) is 8.31. The highest BCUT2D eigenvalue weighted by molar-refractivity contribution is 5.92. The van der Waals surface area contributed by atoms with Gasteiger partial charge >= 0.3 is 0 Å². The normalized spacial score (nSPS) is 19.4. The van der Waals surface area contributed by atoms with Crippen molar-refractivity contribution in [2.75, 3.05) is 33.3 Å². The SMILES string of the molecule is COc1ccc(F)cc1C1CCc2nc(C(=O)NCCN3CCCC3)cn2C1. The Bertz CT molecular complexity index is 845. The third-order valence-electron chi connectivity index (χ3n) is 5.77. The van der Waals surface area contributed by atoms with Crippen molar-refractivity contribution in [3.05, 3.63) is 47.3 Å². The number of methoxy groups -OCH3 is 1. The van der Waals surface area contributed by atoms with Gasteiger partial charge in [0.2, 0.25) is 0 Å². The molecule has 1 aromatic carbocycles. The quantitative estimate of drug-likeness (QED) is 0.829. The van der Waals surface area contributed by atoms with Gasteiger partial charge in [0.1, 0.15) is 23.1 Å². The van der Waals surface area contributed by atoms with Gasteiger partial charge in [0.25, 0.3) is 5.91 Å². The molecule has 1 unspecified atom stereocenters. The fraction of sp³-hybridized carbons (Fsp3) is 0.524. The molecule has 1 amide bonds. The standard InChI is InChI=1S/C21H27FN4O2/c1-28-19-6-5-16(22)12-17(19)15-4-7-20-24-18(14-26(20)13-15)21(27)23-8-11-25-9-2-3-10-25/h5-6,12,14-15H,2-4,7-11,13H2,1H3,(H,23,27). The van der Waals surface area contributed by atoms with Gasteiger partial charge in [0, 0.05) is 43.7 Å². The van der Waals surface area contributed by atoms with Crippen LogP contribution in [0.1, 0.15) is 47.1 Å². The van der Waals surface area contributed by atoms with Gasteiger partial charge in [-0.2, -0.15) is 0 Å². The number of benzene rings is 1. The summed E-state index contributed by atoms with van der Waals surface area (Å²) in [6, 6.07) is 4.64. The van der Waals surface area contributed by atoms with E-state index < -0.39 is 0 Å². The molecule has 0 radical (unpaired) electrons. The van der Waals surface area contributed by atoms with Crippen LogP contribution in [0.4, 0.5) is 4.39 Å². The summed E-state index contributed by atoms with van der Waals surface area (Å²) in [4.78, 5) is 19.3. The summed E-state index contributed by atoms with van der Waals surface area (Å²) in [5, 5.41) is 2.98. The van der Waals surface area contributed by atoms with E-state index in [1.54, 1.807) is 19.2 Å². The Kier molecular flexibility index (Phi) is 5.62. The number of nitrogens with zero attached hydrogens (tertiary/aromatic N) is 3. The molecular weight excluding hydrogens is 359 g/mol. The molecule has 6 nitrogen and oxygen atoms in total. The maximum Gasteiger partial charge on any atom is 0.271 e. The number of aromatic nitrogens is 2. The Morgan fingerprint density at radius 2 is 2.18 bits per heavy atom. The second-order valence-electron chi connectivity index (χ2n) is 7.62. The van der Waals surface area contributed by atoms with E-state index in [1.165, 1.54) is 18.9 Å². The van der Waals surface area contributed by atoms with Gasteiger partial charge in [-0.1, -0.05) is 0 Å². The Morgan fingerprint density at radius 3 is 2.96 bits per heavy atom. The molecule has 0 aliphatic carbocycles. The highest BCUT2D eigenvalue weighted by Crippen LogP contribution is 2.34. The first-order chi connectivity index (χ1) is 13.6. The Labute approximate surface area is 164 Å². The third kappa shape index (κ3) is 4.04. The number of carbonyl (C=O) groups excluding carboxylic acids is 1. The van der Waals surface area contributed by atoms with Crippen LogP contribution in [0, 0.1) is 5.82 Å². The molecule has 1 N–H and O–H groups in total. The van der Waals surface area contributed by atoms with Gasteiger partial charge in [0.05, 0.1) is 7.11 Å². The highest BCUT2D eigenvalue weighted by Gasteiger charge is 2.26. The van der Waals surface area contributed by atoms with Crippen molar-refractivity contribution in [1.29, 1.82) is 0 Å². The number of ether oxygens (including phenoxy) is 1. The van der Waals surface area contributed by atoms with Crippen LogP contribution in [0.25, 0.3) is 0 Å². The van der Waals surface area contributed by atoms with Gasteiger partial charge in [-0.05, 0) is 50.6 Å². The molecule has 150 valence electrons. The van der Waals surface area contributed by atoms with E-state index in [0.717, 1.165) is 43.9 Å². The molecule has 3 heterocycles. The molecule has 2 aromatic rings. The van der Waals surface area contributed by atoms with Crippen molar-refractivity contribution in [3.63, 3.8) is 0 Å². The predicted octanol–water partition coefficient (Wildman–Crippen LogP) is 2.59. The summed E-state index contributed by atoms with van der Waals surface area (Å²) in [6.45, 7) is 4.45. The highest BCUT2D eigenvalue weighted by atomic mass is 19.1. The molecule has 0 bridgehead atoms. The minimum atomic E-state index is -0.259. The smallest absolute Gasteiger partial charge is 0.271 e. The van der Waals surface area contributed by atoms with Crippen molar-refractivity contribution in [3.8, 4) is 5.75 Å². The van der Waals surface area contributed by atoms with Crippen molar-refractivity contribution in [1.82, 2.24) is 19.8 Å². The van der Waals surface area contributed by atoms with Crippen molar-refractivity contribution in [2.24, 2.45) is 0 Å². The zero-order valence-corrected chi connectivity index (χ0v) is 16.3. The molecule has 0 saturated carbocycles. The van der Waals surface area contributed by atoms with Gasteiger partial charge < -0.3 is 19.5 Å². The number of carbonyl (C=O) groups is 1. The number of nitrogens with one attached hydrogen (secondary N) is 1. The summed E-state index contributed by atoms with van der Waals surface area (Å²) < 4.78 is 21.2. The van der Waals surface area contributed by atoms with E-state index in [1.807, 2.05) is 10.8 Å². The van der Waals surface area contributed by atoms with Crippen LogP contribution in [0.5, 0.6) is 5.75 Å². The molecule has 1 aromatic heterocycles. The molecule has 28 heavy (non-hydrogen) atoms. The lowest BCUT2D eigenvalue weighted by atomic mass is 9.91. The number of rotatable bonds is 6. The Hall–Kier alpha value is -2.41. The first-order valence-corrected chi connectivity index (χ1v) is 10.0. The summed E-state index contributed by atoms with van der Waals surface area (Å²) in [6.07, 6.45) is 5.93. The average molecular weight is 386 g/mol. The first-order valence-electron chi connectivity index (χ1n) is 10.0. The first kappa shape index (κ1) is 18.9. The molecular formula is C21H27FN4O2. The Morgan fingerprint density at radius 1 is 1.36 bits per heavy atom. The summed E-state index contributed by atoms with van der Waals surface area (Å²) in [5.41, 5.74) is 1.33. The lowest BCUT2D eigenvalue weighted by molar-refractivity contribution is 0.0945. The summed E-state index contributed by atoms with van der Waals surface area (Å²) in [5.74, 6) is 1.37. The van der Waals surface area contributed by atoms with Gasteiger partial charge in [-0.25, -0.2) is 9.37 Å². The van der Waals surface area contributed by atoms with E-state index in [-0.39, 0.29) is 17.6 Å². The van der Waals surface area contributed by atoms with Gasteiger partial charge in [-0.3, -0.25) is 4.79 Å². The maximum absolute atomic E-state index is 13.7. The zero-order chi connectivity index (χ0) is 19.5. The average Bonchev–Trinajstić information content (AvgIpc) is 3.37. The topological polar surface area (TPSA) is 59.4 Å². The molecule has 1 saturated heterocycles. The fourth-order valence-corrected chi connectivity index (χ4v) is 4.26. The molecule has 2 aliphatic heterocycles. The van der Waals surface area contributed by atoms with Crippen LogP contribution in [0.2, 0.25) is 0 Å². The Balaban J connectivity index is 1.40. The largest absolute Gasteiger partial charge is 0.496 e. The monoisotopic (exact) mass is 386 g/mol. The number of hydrogen-bond donors (Lipinski definition) is 1. The van der Waals surface area contributed by atoms with E-state index in [0.29, 0.717) is 24.5 Å². The van der Waals surface area contributed by atoms with Crippen molar-refractivity contribution in [2.45, 2.75) is 38.1 Å². The molecule has 0 spiro atoms. The molecule has 1 fully saturated rings. The fourth-order valence-electron chi connectivity index (χ4n) is 4.26. The minimum absolute atomic E-state index is 0.124. The van der Waals surface area contributed by atoms with Crippen LogP contribution in [0.3, 0.4) is 0 Å². The number of fused-ring (bicyclic) bond motifs is 1. The van der Waals surface area contributed by atoms with Crippen LogP contribution in [0.15, 0.2) is 24.4 Å². The number of imidazole rings is 1. The lowest BCUT2D eigenvalue weighted by Crippen LogP contribution is -2.33. The van der Waals surface area contributed by atoms with Gasteiger partial charge in [0.15, 0.2) is 0 Å². The third-order valence-corrected chi connectivity index (χ3v) is 5.77. The van der Waals surface area contributed by atoms with Crippen LogP contribution < -0.4 is 10.1 Å². The number of hydrogen-bond acceptors (Lipinski definition) is 4. The van der Waals surface area contributed by atoms with Crippen LogP contribution >= 0.6 is 0 Å². The van der Waals surface area contributed by atoms with E-state index in [4.69, 9.17) is 4.74 Å². The van der Waals surface area contributed by atoms with Crippen molar-refractivity contribution >= 4 is 5.91 Å².